The highest BCUT2D eigenvalue weighted by atomic mass is 19.1. The number of ether oxygens (including phenoxy) is 2. The molecule has 0 bridgehead atoms. The van der Waals surface area contributed by atoms with Crippen molar-refractivity contribution >= 4 is 12.1 Å². The molecule has 0 N–H and O–H groups in total. The van der Waals surface area contributed by atoms with Crippen molar-refractivity contribution in [1.82, 2.24) is 4.90 Å². The van der Waals surface area contributed by atoms with Crippen LogP contribution in [0.1, 0.15) is 49.5 Å². The fourth-order valence-corrected chi connectivity index (χ4v) is 5.51. The molecule has 0 spiro atoms. The second-order valence-corrected chi connectivity index (χ2v) is 9.18. The van der Waals surface area contributed by atoms with Crippen LogP contribution in [0.4, 0.5) is 9.18 Å². The van der Waals surface area contributed by atoms with Crippen LogP contribution in [-0.4, -0.2) is 42.8 Å². The first-order valence-electron chi connectivity index (χ1n) is 9.51. The summed E-state index contributed by atoms with van der Waals surface area (Å²) >= 11 is 0. The summed E-state index contributed by atoms with van der Waals surface area (Å²) in [5, 5.41) is 0. The Bertz CT molecular complexity index is 784. The molecule has 3 aliphatic rings. The molecule has 5 nitrogen and oxygen atoms in total. The molecular formula is C21H26FNO4. The fraction of sp³-hybridized carbons (Fsp3) is 0.619. The predicted octanol–water partition coefficient (Wildman–Crippen LogP) is 3.76. The van der Waals surface area contributed by atoms with E-state index in [9.17, 15) is 14.0 Å². The molecule has 4 rings (SSSR count). The average molecular weight is 375 g/mol. The highest BCUT2D eigenvalue weighted by molar-refractivity contribution is 5.89. The summed E-state index contributed by atoms with van der Waals surface area (Å²) in [6, 6.07) is 4.89. The molecule has 1 aromatic rings. The van der Waals surface area contributed by atoms with Crippen molar-refractivity contribution in [2.24, 2.45) is 17.8 Å². The van der Waals surface area contributed by atoms with Gasteiger partial charge in [-0.1, -0.05) is 6.07 Å². The maximum atomic E-state index is 14.4. The number of carbonyl (C=O) groups excluding carboxylic acids is 2. The van der Waals surface area contributed by atoms with E-state index in [1.807, 2.05) is 31.7 Å². The SMILES string of the molecule is COC(=O)c1ccc(C23CC4CN(C(=O)OC(C)(C)C)C[C@H](C2)C43)cc1F. The predicted molar refractivity (Wildman–Crippen MR) is 96.9 cm³/mol. The van der Waals surface area contributed by atoms with Crippen LogP contribution >= 0.6 is 0 Å². The van der Waals surface area contributed by atoms with Crippen molar-refractivity contribution < 1.29 is 23.5 Å². The molecule has 1 amide bonds. The minimum Gasteiger partial charge on any atom is -0.465 e. The Morgan fingerprint density at radius 3 is 2.33 bits per heavy atom. The van der Waals surface area contributed by atoms with E-state index in [1.54, 1.807) is 0 Å². The smallest absolute Gasteiger partial charge is 0.410 e. The molecule has 0 aromatic heterocycles. The monoisotopic (exact) mass is 375 g/mol. The molecule has 3 fully saturated rings. The molecule has 3 unspecified atom stereocenters. The molecule has 0 radical (unpaired) electrons. The van der Waals surface area contributed by atoms with Crippen LogP contribution < -0.4 is 0 Å². The second-order valence-electron chi connectivity index (χ2n) is 9.18. The lowest BCUT2D eigenvalue weighted by atomic mass is 9.35. The maximum absolute atomic E-state index is 14.4. The quantitative estimate of drug-likeness (QED) is 0.739. The first-order chi connectivity index (χ1) is 12.6. The third-order valence-electron chi connectivity index (χ3n) is 6.42. The zero-order chi connectivity index (χ0) is 19.6. The van der Waals surface area contributed by atoms with Gasteiger partial charge in [0.05, 0.1) is 12.7 Å². The first kappa shape index (κ1) is 18.3. The van der Waals surface area contributed by atoms with Crippen molar-refractivity contribution in [3.8, 4) is 0 Å². The topological polar surface area (TPSA) is 55.8 Å². The maximum Gasteiger partial charge on any atom is 0.410 e. The van der Waals surface area contributed by atoms with E-state index in [4.69, 9.17) is 4.74 Å². The van der Waals surface area contributed by atoms with Gasteiger partial charge in [0, 0.05) is 13.1 Å². The summed E-state index contributed by atoms with van der Waals surface area (Å²) < 4.78 is 24.5. The lowest BCUT2D eigenvalue weighted by Crippen LogP contribution is -2.71. The highest BCUT2D eigenvalue weighted by Crippen LogP contribution is 2.69. The summed E-state index contributed by atoms with van der Waals surface area (Å²) in [5.74, 6) is 0.188. The molecule has 4 atom stereocenters. The number of methoxy groups -OCH3 is 1. The van der Waals surface area contributed by atoms with Gasteiger partial charge in [0.25, 0.3) is 0 Å². The van der Waals surface area contributed by atoms with Crippen molar-refractivity contribution in [2.45, 2.75) is 44.6 Å². The zero-order valence-electron chi connectivity index (χ0n) is 16.3. The third-order valence-corrected chi connectivity index (χ3v) is 6.42. The summed E-state index contributed by atoms with van der Waals surface area (Å²) in [6.45, 7) is 7.05. The molecule has 146 valence electrons. The lowest BCUT2D eigenvalue weighted by molar-refractivity contribution is -0.169. The van der Waals surface area contributed by atoms with Crippen molar-refractivity contribution in [1.29, 1.82) is 0 Å². The van der Waals surface area contributed by atoms with Crippen LogP contribution in [0.15, 0.2) is 18.2 Å². The zero-order valence-corrected chi connectivity index (χ0v) is 16.3. The number of hydrogen-bond acceptors (Lipinski definition) is 4. The molecule has 27 heavy (non-hydrogen) atoms. The number of rotatable bonds is 2. The Morgan fingerprint density at radius 1 is 1.19 bits per heavy atom. The van der Waals surface area contributed by atoms with Crippen LogP contribution in [0.25, 0.3) is 0 Å². The van der Waals surface area contributed by atoms with Crippen LogP contribution in [0.3, 0.4) is 0 Å². The molecule has 6 heteroatoms. The average Bonchev–Trinajstić information content (AvgIpc) is 2.53. The van der Waals surface area contributed by atoms with E-state index < -0.39 is 17.4 Å². The van der Waals surface area contributed by atoms with Crippen molar-refractivity contribution in [2.75, 3.05) is 20.2 Å². The number of carbonyl (C=O) groups is 2. The van der Waals surface area contributed by atoms with Crippen LogP contribution in [0, 0.1) is 23.6 Å². The number of hydrogen-bond donors (Lipinski definition) is 0. The van der Waals surface area contributed by atoms with Crippen molar-refractivity contribution in [3.63, 3.8) is 0 Å². The molecule has 1 heterocycles. The van der Waals surface area contributed by atoms with Crippen LogP contribution in [0.5, 0.6) is 0 Å². The van der Waals surface area contributed by atoms with Gasteiger partial charge in [-0.3, -0.25) is 0 Å². The lowest BCUT2D eigenvalue weighted by Gasteiger charge is -2.71. The van der Waals surface area contributed by atoms with E-state index in [0.29, 0.717) is 30.8 Å². The van der Waals surface area contributed by atoms with Gasteiger partial charge in [0.1, 0.15) is 11.4 Å². The largest absolute Gasteiger partial charge is 0.465 e. The minimum absolute atomic E-state index is 0.00481. The third kappa shape index (κ3) is 2.80. The second kappa shape index (κ2) is 5.94. The summed E-state index contributed by atoms with van der Waals surface area (Å²) in [5.41, 5.74) is 0.459. The number of nitrogens with zero attached hydrogens (tertiary/aromatic N) is 1. The Morgan fingerprint density at radius 2 is 1.81 bits per heavy atom. The normalized spacial score (nSPS) is 31.3. The molecular weight excluding hydrogens is 349 g/mol. The van der Waals surface area contributed by atoms with Crippen LogP contribution in [-0.2, 0) is 14.9 Å². The van der Waals surface area contributed by atoms with E-state index >= 15 is 0 Å². The van der Waals surface area contributed by atoms with E-state index in [-0.39, 0.29) is 17.1 Å². The molecule has 2 aliphatic carbocycles. The first-order valence-corrected chi connectivity index (χ1v) is 9.51. The Hall–Kier alpha value is -2.11. The van der Waals surface area contributed by atoms with Gasteiger partial charge in [0.2, 0.25) is 0 Å². The van der Waals surface area contributed by atoms with Gasteiger partial charge in [0.15, 0.2) is 0 Å². The summed E-state index contributed by atoms with van der Waals surface area (Å²) in [6.07, 6.45) is 1.66. The van der Waals surface area contributed by atoms with Gasteiger partial charge < -0.3 is 14.4 Å². The van der Waals surface area contributed by atoms with Crippen LogP contribution in [0.2, 0.25) is 0 Å². The number of esters is 1. The van der Waals surface area contributed by atoms with Gasteiger partial charge in [-0.05, 0) is 74.5 Å². The van der Waals surface area contributed by atoms with Gasteiger partial charge in [-0.25, -0.2) is 14.0 Å². The number of halogens is 1. The number of amides is 1. The fourth-order valence-electron chi connectivity index (χ4n) is 5.51. The summed E-state index contributed by atoms with van der Waals surface area (Å²) in [7, 11) is 1.25. The molecule has 1 aromatic carbocycles. The Labute approximate surface area is 158 Å². The standard InChI is InChI=1S/C21H26FNO4/c1-20(2,3)27-19(25)23-10-12-8-21(9-13(11-23)17(12)21)14-5-6-15(16(22)7-14)18(24)26-4/h5-7,12-13,17H,8-11H2,1-4H3/t12-,13?,17?,21?/m0/s1. The molecule has 1 aliphatic heterocycles. The molecule has 1 saturated heterocycles. The summed E-state index contributed by atoms with van der Waals surface area (Å²) in [4.78, 5) is 25.8. The van der Waals surface area contributed by atoms with E-state index in [1.165, 1.54) is 19.2 Å². The van der Waals surface area contributed by atoms with E-state index in [0.717, 1.165) is 18.4 Å². The van der Waals surface area contributed by atoms with E-state index in [2.05, 4.69) is 4.74 Å². The van der Waals surface area contributed by atoms with Gasteiger partial charge >= 0.3 is 12.1 Å². The number of benzene rings is 1. The Balaban J connectivity index is 1.47. The minimum atomic E-state index is -0.653. The number of likely N-dealkylation sites (tertiary alicyclic amines) is 1. The van der Waals surface area contributed by atoms with Gasteiger partial charge in [-0.15, -0.1) is 0 Å². The highest BCUT2D eigenvalue weighted by Gasteiger charge is 2.67. The number of piperidine rings is 1. The van der Waals surface area contributed by atoms with Gasteiger partial charge in [-0.2, -0.15) is 0 Å². The molecule has 2 saturated carbocycles. The Kier molecular flexibility index (Phi) is 4.02. The van der Waals surface area contributed by atoms with Crippen molar-refractivity contribution in [3.05, 3.63) is 35.1 Å².